The summed E-state index contributed by atoms with van der Waals surface area (Å²) < 4.78 is 0. The van der Waals surface area contributed by atoms with E-state index in [0.29, 0.717) is 0 Å². The first-order chi connectivity index (χ1) is 6.10. The Kier molecular flexibility index (Phi) is 3.02. The average molecular weight is 178 g/mol. The second-order valence-electron chi connectivity index (χ2n) is 3.89. The molecular formula is C11H18N2. The number of hydrogen-bond donors (Lipinski definition) is 0. The molecule has 1 heterocycles. The summed E-state index contributed by atoms with van der Waals surface area (Å²) in [5, 5.41) is 0. The van der Waals surface area contributed by atoms with Gasteiger partial charge in [0.15, 0.2) is 0 Å². The van der Waals surface area contributed by atoms with Crippen LogP contribution in [0.3, 0.4) is 0 Å². The lowest BCUT2D eigenvalue weighted by molar-refractivity contribution is 0.728. The molecule has 0 amide bonds. The molecule has 0 bridgehead atoms. The van der Waals surface area contributed by atoms with Gasteiger partial charge in [-0.1, -0.05) is 13.8 Å². The Bertz CT molecular complexity index is 270. The first-order valence-electron chi connectivity index (χ1n) is 4.91. The van der Waals surface area contributed by atoms with Gasteiger partial charge in [0.1, 0.15) is 0 Å². The molecule has 0 aromatic heterocycles. The highest BCUT2D eigenvalue weighted by Crippen LogP contribution is 2.22. The maximum absolute atomic E-state index is 4.62. The zero-order chi connectivity index (χ0) is 9.90. The lowest BCUT2D eigenvalue weighted by Gasteiger charge is -2.19. The van der Waals surface area contributed by atoms with Crippen molar-refractivity contribution in [2.75, 3.05) is 0 Å². The maximum Gasteiger partial charge on any atom is 0.0582 e. The van der Waals surface area contributed by atoms with Gasteiger partial charge < -0.3 is 0 Å². The molecule has 0 aromatic rings. The van der Waals surface area contributed by atoms with Gasteiger partial charge in [-0.2, -0.15) is 0 Å². The van der Waals surface area contributed by atoms with Crippen molar-refractivity contribution < 1.29 is 0 Å². The zero-order valence-corrected chi connectivity index (χ0v) is 8.96. The molecule has 0 aromatic carbocycles. The van der Waals surface area contributed by atoms with Crippen molar-refractivity contribution in [1.82, 2.24) is 0 Å². The summed E-state index contributed by atoms with van der Waals surface area (Å²) in [5.41, 5.74) is 2.32. The highest BCUT2D eigenvalue weighted by Gasteiger charge is 2.22. The molecule has 2 heteroatoms. The minimum atomic E-state index is 0.0160. The summed E-state index contributed by atoms with van der Waals surface area (Å²) in [6.07, 6.45) is 5.80. The van der Waals surface area contributed by atoms with Crippen LogP contribution >= 0.6 is 0 Å². The van der Waals surface area contributed by atoms with E-state index in [9.17, 15) is 0 Å². The summed E-state index contributed by atoms with van der Waals surface area (Å²) in [6, 6.07) is 0. The van der Waals surface area contributed by atoms with Gasteiger partial charge in [0, 0.05) is 23.5 Å². The molecule has 1 rings (SSSR count). The molecular weight excluding hydrogens is 160 g/mol. The van der Waals surface area contributed by atoms with Crippen molar-refractivity contribution in [2.45, 2.75) is 40.5 Å². The second-order valence-corrected chi connectivity index (χ2v) is 3.89. The molecule has 0 saturated heterocycles. The molecule has 0 spiro atoms. The van der Waals surface area contributed by atoms with Crippen molar-refractivity contribution in [3.63, 3.8) is 0 Å². The largest absolute Gasteiger partial charge is 0.266 e. The summed E-state index contributed by atoms with van der Waals surface area (Å²) in [7, 11) is 0. The number of aliphatic imine (C=N–C) groups is 2. The Morgan fingerprint density at radius 2 is 1.92 bits per heavy atom. The van der Waals surface area contributed by atoms with Crippen LogP contribution in [-0.4, -0.2) is 11.9 Å². The van der Waals surface area contributed by atoms with E-state index in [0.717, 1.165) is 18.5 Å². The fraction of sp³-hybridized carbons (Fsp3) is 0.636. The normalized spacial score (nSPS) is 20.6. The fourth-order valence-electron chi connectivity index (χ4n) is 1.44. The minimum absolute atomic E-state index is 0.0160. The summed E-state index contributed by atoms with van der Waals surface area (Å²) in [4.78, 5) is 8.89. The van der Waals surface area contributed by atoms with Crippen LogP contribution in [0.15, 0.2) is 21.9 Å². The SMILES string of the molecule is CCC1=CN=CC(C)(C)C(CC)=N1. The van der Waals surface area contributed by atoms with Crippen molar-refractivity contribution in [3.05, 3.63) is 11.9 Å². The molecule has 1 aliphatic heterocycles. The van der Waals surface area contributed by atoms with Crippen molar-refractivity contribution in [1.29, 1.82) is 0 Å². The van der Waals surface area contributed by atoms with Crippen LogP contribution in [0, 0.1) is 5.41 Å². The Hall–Kier alpha value is -0.920. The lowest BCUT2D eigenvalue weighted by Crippen LogP contribution is -2.24. The number of rotatable bonds is 2. The third-order valence-corrected chi connectivity index (χ3v) is 2.34. The van der Waals surface area contributed by atoms with Gasteiger partial charge in [-0.05, 0) is 26.7 Å². The molecule has 2 nitrogen and oxygen atoms in total. The first-order valence-corrected chi connectivity index (χ1v) is 4.91. The van der Waals surface area contributed by atoms with E-state index in [2.05, 4.69) is 37.7 Å². The third kappa shape index (κ3) is 2.27. The third-order valence-electron chi connectivity index (χ3n) is 2.34. The van der Waals surface area contributed by atoms with Gasteiger partial charge in [0.25, 0.3) is 0 Å². The van der Waals surface area contributed by atoms with Crippen molar-refractivity contribution in [3.8, 4) is 0 Å². The minimum Gasteiger partial charge on any atom is -0.266 e. The Balaban J connectivity index is 3.03. The molecule has 0 saturated carbocycles. The highest BCUT2D eigenvalue weighted by atomic mass is 14.8. The van der Waals surface area contributed by atoms with Gasteiger partial charge in [-0.25, -0.2) is 0 Å². The lowest BCUT2D eigenvalue weighted by atomic mass is 9.87. The van der Waals surface area contributed by atoms with Gasteiger partial charge in [0.2, 0.25) is 0 Å². The van der Waals surface area contributed by atoms with Crippen LogP contribution in [-0.2, 0) is 0 Å². The van der Waals surface area contributed by atoms with E-state index in [1.54, 1.807) is 0 Å². The predicted molar refractivity (Wildman–Crippen MR) is 58.4 cm³/mol. The summed E-state index contributed by atoms with van der Waals surface area (Å²) in [5.74, 6) is 0. The number of allylic oxidation sites excluding steroid dienone is 1. The Labute approximate surface area is 80.5 Å². The second kappa shape index (κ2) is 3.86. The molecule has 0 aliphatic carbocycles. The van der Waals surface area contributed by atoms with Crippen LogP contribution in [0.1, 0.15) is 40.5 Å². The van der Waals surface area contributed by atoms with E-state index >= 15 is 0 Å². The Morgan fingerprint density at radius 1 is 1.23 bits per heavy atom. The van der Waals surface area contributed by atoms with E-state index in [4.69, 9.17) is 0 Å². The monoisotopic (exact) mass is 178 g/mol. The van der Waals surface area contributed by atoms with E-state index in [1.807, 2.05) is 12.4 Å². The van der Waals surface area contributed by atoms with Crippen LogP contribution in [0.25, 0.3) is 0 Å². The van der Waals surface area contributed by atoms with Crippen LogP contribution in [0.5, 0.6) is 0 Å². The van der Waals surface area contributed by atoms with Crippen LogP contribution in [0.4, 0.5) is 0 Å². The topological polar surface area (TPSA) is 24.7 Å². The van der Waals surface area contributed by atoms with E-state index in [1.165, 1.54) is 5.71 Å². The molecule has 0 N–H and O–H groups in total. The molecule has 72 valence electrons. The van der Waals surface area contributed by atoms with Crippen LogP contribution < -0.4 is 0 Å². The molecule has 0 atom stereocenters. The highest BCUT2D eigenvalue weighted by molar-refractivity contribution is 6.03. The number of nitrogens with zero attached hydrogens (tertiary/aromatic N) is 2. The van der Waals surface area contributed by atoms with Gasteiger partial charge >= 0.3 is 0 Å². The molecule has 1 aliphatic rings. The van der Waals surface area contributed by atoms with Crippen molar-refractivity contribution >= 4 is 11.9 Å². The Morgan fingerprint density at radius 3 is 2.46 bits per heavy atom. The van der Waals surface area contributed by atoms with Crippen molar-refractivity contribution in [2.24, 2.45) is 15.4 Å². The predicted octanol–water partition coefficient (Wildman–Crippen LogP) is 3.20. The van der Waals surface area contributed by atoms with Crippen LogP contribution in [0.2, 0.25) is 0 Å². The maximum atomic E-state index is 4.62. The van der Waals surface area contributed by atoms with Gasteiger partial charge in [-0.3, -0.25) is 9.98 Å². The average Bonchev–Trinajstić information content (AvgIpc) is 2.23. The quantitative estimate of drug-likeness (QED) is 0.620. The summed E-state index contributed by atoms with van der Waals surface area (Å²) >= 11 is 0. The standard InChI is InChI=1S/C11H18N2/c1-5-9-7-12-8-11(3,4)10(6-2)13-9/h7-8H,5-6H2,1-4H3. The molecule has 0 fully saturated rings. The van der Waals surface area contributed by atoms with E-state index < -0.39 is 0 Å². The molecule has 13 heavy (non-hydrogen) atoms. The van der Waals surface area contributed by atoms with E-state index in [-0.39, 0.29) is 5.41 Å². The fourth-order valence-corrected chi connectivity index (χ4v) is 1.44. The first kappa shape index (κ1) is 10.2. The van der Waals surface area contributed by atoms with Gasteiger partial charge in [-0.15, -0.1) is 0 Å². The summed E-state index contributed by atoms with van der Waals surface area (Å²) in [6.45, 7) is 8.57. The zero-order valence-electron chi connectivity index (χ0n) is 8.96. The number of hydrogen-bond acceptors (Lipinski definition) is 2. The van der Waals surface area contributed by atoms with Gasteiger partial charge in [0.05, 0.1) is 5.70 Å². The molecule has 0 unspecified atom stereocenters. The smallest absolute Gasteiger partial charge is 0.0582 e. The molecule has 0 radical (unpaired) electrons.